The fourth-order valence-electron chi connectivity index (χ4n) is 3.29. The summed E-state index contributed by atoms with van der Waals surface area (Å²) in [6, 6.07) is 9.96. The molecule has 1 aromatic heterocycles. The van der Waals surface area contributed by atoms with E-state index in [0.29, 0.717) is 16.5 Å². The first-order chi connectivity index (χ1) is 13.6. The summed E-state index contributed by atoms with van der Waals surface area (Å²) >= 11 is 1.55. The van der Waals surface area contributed by atoms with E-state index in [-0.39, 0.29) is 5.91 Å². The summed E-state index contributed by atoms with van der Waals surface area (Å²) in [5, 5.41) is 13.1. The third kappa shape index (κ3) is 5.02. The summed E-state index contributed by atoms with van der Waals surface area (Å²) in [4.78, 5) is 13.6. The summed E-state index contributed by atoms with van der Waals surface area (Å²) < 4.78 is 5.65. The minimum absolute atomic E-state index is 0.216. The highest BCUT2D eigenvalue weighted by atomic mass is 32.1. The van der Waals surface area contributed by atoms with Crippen molar-refractivity contribution in [2.45, 2.75) is 46.0 Å². The second-order valence-electron chi connectivity index (χ2n) is 7.26. The molecule has 3 rings (SSSR count). The molecule has 0 aliphatic heterocycles. The van der Waals surface area contributed by atoms with Crippen LogP contribution < -0.4 is 10.1 Å². The van der Waals surface area contributed by atoms with Gasteiger partial charge < -0.3 is 10.1 Å². The maximum absolute atomic E-state index is 12.3. The van der Waals surface area contributed by atoms with E-state index in [4.69, 9.17) is 4.74 Å². The van der Waals surface area contributed by atoms with Gasteiger partial charge in [-0.3, -0.25) is 4.79 Å². The number of ether oxygens (including phenoxy) is 1. The number of carbonyl (C=O) groups excluding carboxylic acids is 1. The van der Waals surface area contributed by atoms with Crippen LogP contribution in [0.25, 0.3) is 6.08 Å². The summed E-state index contributed by atoms with van der Waals surface area (Å²) in [5.74, 6) is 1.26. The Morgan fingerprint density at radius 2 is 2.18 bits per heavy atom. The molecule has 2 aromatic rings. The lowest BCUT2D eigenvalue weighted by Gasteiger charge is -2.17. The van der Waals surface area contributed by atoms with Gasteiger partial charge in [0.15, 0.2) is 0 Å². The first-order valence-corrected chi connectivity index (χ1v) is 10.7. The standard InChI is InChI=1S/C23H26N2O2S/c1-3-4-13-27-18-9-6-17(7-10-18)8-12-22(26)25-23-20(15-24)19-11-5-16(2)14-21(19)28-23/h6-10,12,16H,3-5,11,13-14H2,1-2H3,(H,25,26). The van der Waals surface area contributed by atoms with Crippen LogP contribution in [0.5, 0.6) is 5.75 Å². The van der Waals surface area contributed by atoms with Crippen LogP contribution in [0.4, 0.5) is 5.00 Å². The Morgan fingerprint density at radius 3 is 2.89 bits per heavy atom. The smallest absolute Gasteiger partial charge is 0.249 e. The molecule has 0 saturated carbocycles. The molecule has 1 aromatic carbocycles. The Morgan fingerprint density at radius 1 is 1.39 bits per heavy atom. The zero-order chi connectivity index (χ0) is 19.9. The van der Waals surface area contributed by atoms with Crippen molar-refractivity contribution >= 4 is 28.3 Å². The zero-order valence-corrected chi connectivity index (χ0v) is 17.3. The Kier molecular flexibility index (Phi) is 6.89. The molecule has 28 heavy (non-hydrogen) atoms. The molecule has 1 aliphatic rings. The van der Waals surface area contributed by atoms with Gasteiger partial charge in [0.1, 0.15) is 16.8 Å². The molecule has 0 saturated heterocycles. The molecule has 1 amide bonds. The van der Waals surface area contributed by atoms with Gasteiger partial charge in [0.05, 0.1) is 12.2 Å². The number of benzene rings is 1. The zero-order valence-electron chi connectivity index (χ0n) is 16.5. The number of nitriles is 1. The van der Waals surface area contributed by atoms with Gasteiger partial charge in [-0.25, -0.2) is 0 Å². The number of anilines is 1. The average Bonchev–Trinajstić information content (AvgIpc) is 3.03. The fourth-order valence-corrected chi connectivity index (χ4v) is 4.66. The van der Waals surface area contributed by atoms with Crippen molar-refractivity contribution in [2.75, 3.05) is 11.9 Å². The van der Waals surface area contributed by atoms with E-state index in [1.165, 1.54) is 11.0 Å². The van der Waals surface area contributed by atoms with Crippen molar-refractivity contribution in [3.8, 4) is 11.8 Å². The first-order valence-electron chi connectivity index (χ1n) is 9.87. The molecular weight excluding hydrogens is 368 g/mol. The van der Waals surface area contributed by atoms with E-state index in [2.05, 4.69) is 25.2 Å². The topological polar surface area (TPSA) is 62.1 Å². The second-order valence-corrected chi connectivity index (χ2v) is 8.37. The summed E-state index contributed by atoms with van der Waals surface area (Å²) in [7, 11) is 0. The summed E-state index contributed by atoms with van der Waals surface area (Å²) in [6.07, 6.45) is 8.45. The lowest BCUT2D eigenvalue weighted by Crippen LogP contribution is -2.10. The van der Waals surface area contributed by atoms with Crippen molar-refractivity contribution in [3.05, 3.63) is 51.9 Å². The van der Waals surface area contributed by atoms with Gasteiger partial charge in [0.25, 0.3) is 0 Å². The van der Waals surface area contributed by atoms with E-state index >= 15 is 0 Å². The maximum atomic E-state index is 12.3. The van der Waals surface area contributed by atoms with Crippen LogP contribution in [0.1, 0.15) is 54.7 Å². The number of unbranched alkanes of at least 4 members (excludes halogenated alkanes) is 1. The van der Waals surface area contributed by atoms with Crippen molar-refractivity contribution in [1.29, 1.82) is 5.26 Å². The molecule has 1 N–H and O–H groups in total. The van der Waals surface area contributed by atoms with Crippen LogP contribution in [-0.4, -0.2) is 12.5 Å². The molecule has 0 bridgehead atoms. The number of thiophene rings is 1. The largest absolute Gasteiger partial charge is 0.494 e. The van der Waals surface area contributed by atoms with Crippen LogP contribution in [0.15, 0.2) is 30.3 Å². The Hall–Kier alpha value is -2.58. The van der Waals surface area contributed by atoms with Crippen LogP contribution in [-0.2, 0) is 17.6 Å². The number of fused-ring (bicyclic) bond motifs is 1. The number of carbonyl (C=O) groups is 1. The highest BCUT2D eigenvalue weighted by molar-refractivity contribution is 7.16. The predicted octanol–water partition coefficient (Wildman–Crippen LogP) is 5.58. The predicted molar refractivity (Wildman–Crippen MR) is 115 cm³/mol. The number of hydrogen-bond donors (Lipinski definition) is 1. The van der Waals surface area contributed by atoms with E-state index in [1.807, 2.05) is 24.3 Å². The number of hydrogen-bond acceptors (Lipinski definition) is 4. The molecule has 1 aliphatic carbocycles. The Labute approximate surface area is 170 Å². The van der Waals surface area contributed by atoms with Crippen molar-refractivity contribution < 1.29 is 9.53 Å². The molecule has 0 radical (unpaired) electrons. The average molecular weight is 395 g/mol. The fraction of sp³-hybridized carbons (Fsp3) is 0.391. The van der Waals surface area contributed by atoms with Crippen molar-refractivity contribution in [1.82, 2.24) is 0 Å². The molecule has 5 heteroatoms. The first kappa shape index (κ1) is 20.2. The van der Waals surface area contributed by atoms with Crippen LogP contribution in [0, 0.1) is 17.2 Å². The summed E-state index contributed by atoms with van der Waals surface area (Å²) in [5.41, 5.74) is 2.70. The van der Waals surface area contributed by atoms with E-state index < -0.39 is 0 Å². The van der Waals surface area contributed by atoms with Crippen molar-refractivity contribution in [3.63, 3.8) is 0 Å². The van der Waals surface area contributed by atoms with Crippen LogP contribution in [0.2, 0.25) is 0 Å². The minimum Gasteiger partial charge on any atom is -0.494 e. The highest BCUT2D eigenvalue weighted by Crippen LogP contribution is 2.39. The number of rotatable bonds is 7. The second kappa shape index (κ2) is 9.57. The molecule has 146 valence electrons. The third-order valence-corrected chi connectivity index (χ3v) is 6.10. The van der Waals surface area contributed by atoms with Gasteiger partial charge >= 0.3 is 0 Å². The quantitative estimate of drug-likeness (QED) is 0.493. The van der Waals surface area contributed by atoms with Crippen molar-refractivity contribution in [2.24, 2.45) is 5.92 Å². The lowest BCUT2D eigenvalue weighted by molar-refractivity contribution is -0.111. The van der Waals surface area contributed by atoms with Gasteiger partial charge in [-0.15, -0.1) is 11.3 Å². The van der Waals surface area contributed by atoms with Gasteiger partial charge in [-0.05, 0) is 60.9 Å². The molecule has 1 unspecified atom stereocenters. The number of amides is 1. The van der Waals surface area contributed by atoms with Gasteiger partial charge in [0.2, 0.25) is 5.91 Å². The lowest BCUT2D eigenvalue weighted by atomic mass is 9.89. The normalized spacial score (nSPS) is 15.8. The summed E-state index contributed by atoms with van der Waals surface area (Å²) in [6.45, 7) is 5.09. The highest BCUT2D eigenvalue weighted by Gasteiger charge is 2.24. The third-order valence-electron chi connectivity index (χ3n) is 4.93. The molecule has 0 spiro atoms. The van der Waals surface area contributed by atoms with Crippen LogP contribution in [0.3, 0.4) is 0 Å². The molecule has 1 atom stereocenters. The molecular formula is C23H26N2O2S. The number of nitrogens with one attached hydrogen (secondary N) is 1. The van der Waals surface area contributed by atoms with E-state index in [0.717, 1.165) is 55.6 Å². The SMILES string of the molecule is CCCCOc1ccc(C=CC(=O)Nc2sc3c(c2C#N)CCC(C)C3)cc1. The van der Waals surface area contributed by atoms with Gasteiger partial charge in [-0.1, -0.05) is 32.4 Å². The van der Waals surface area contributed by atoms with Gasteiger partial charge in [0, 0.05) is 11.0 Å². The van der Waals surface area contributed by atoms with Crippen LogP contribution >= 0.6 is 11.3 Å². The molecule has 1 heterocycles. The van der Waals surface area contributed by atoms with Gasteiger partial charge in [-0.2, -0.15) is 5.26 Å². The maximum Gasteiger partial charge on any atom is 0.249 e. The monoisotopic (exact) mass is 394 g/mol. The molecule has 0 fully saturated rings. The van der Waals surface area contributed by atoms with E-state index in [9.17, 15) is 10.1 Å². The Bertz CT molecular complexity index is 891. The minimum atomic E-state index is -0.216. The Balaban J connectivity index is 1.62. The van der Waals surface area contributed by atoms with E-state index in [1.54, 1.807) is 17.4 Å². The molecule has 4 nitrogen and oxygen atoms in total. The number of nitrogens with zero attached hydrogens (tertiary/aromatic N) is 1.